The van der Waals surface area contributed by atoms with Crippen LogP contribution in [0.25, 0.3) is 0 Å². The Labute approximate surface area is 87.6 Å². The zero-order valence-electron chi connectivity index (χ0n) is 8.07. The highest BCUT2D eigenvalue weighted by Gasteiger charge is 2.49. The number of amides is 1. The van der Waals surface area contributed by atoms with E-state index < -0.39 is 0 Å². The number of carbonyl (C=O) groups excluding carboxylic acids is 1. The van der Waals surface area contributed by atoms with Crippen LogP contribution in [0.1, 0.15) is 27.7 Å². The van der Waals surface area contributed by atoms with E-state index in [1.165, 1.54) is 0 Å². The van der Waals surface area contributed by atoms with Crippen molar-refractivity contribution in [2.45, 2.75) is 31.1 Å². The first kappa shape index (κ1) is 10.3. The lowest BCUT2D eigenvalue weighted by molar-refractivity contribution is -0.121. The van der Waals surface area contributed by atoms with Crippen molar-refractivity contribution in [2.24, 2.45) is 11.3 Å². The molecule has 1 heterocycles. The molecular weight excluding hydrogens is 265 g/mol. The van der Waals surface area contributed by atoms with Gasteiger partial charge in [0.15, 0.2) is 0 Å². The summed E-state index contributed by atoms with van der Waals surface area (Å²) in [6.07, 6.45) is 0. The molecule has 1 aliphatic heterocycles. The number of carbonyl (C=O) groups is 1. The SMILES string of the molecule is CC(C)(C)C1CNC(=O)C1(C)I. The van der Waals surface area contributed by atoms with Gasteiger partial charge in [-0.25, -0.2) is 0 Å². The molecule has 0 radical (unpaired) electrons. The second kappa shape index (κ2) is 2.86. The van der Waals surface area contributed by atoms with E-state index in [9.17, 15) is 4.79 Å². The van der Waals surface area contributed by atoms with Gasteiger partial charge in [-0.3, -0.25) is 4.79 Å². The average Bonchev–Trinajstić information content (AvgIpc) is 2.06. The Morgan fingerprint density at radius 3 is 2.25 bits per heavy atom. The van der Waals surface area contributed by atoms with E-state index in [0.717, 1.165) is 6.54 Å². The number of alkyl halides is 1. The molecule has 2 unspecified atom stereocenters. The summed E-state index contributed by atoms with van der Waals surface area (Å²) in [6, 6.07) is 0. The van der Waals surface area contributed by atoms with Crippen molar-refractivity contribution >= 4 is 28.5 Å². The summed E-state index contributed by atoms with van der Waals surface area (Å²) in [5, 5.41) is 2.92. The lowest BCUT2D eigenvalue weighted by Crippen LogP contribution is -2.38. The van der Waals surface area contributed by atoms with Crippen LogP contribution in [0, 0.1) is 11.3 Å². The maximum atomic E-state index is 11.4. The van der Waals surface area contributed by atoms with Crippen molar-refractivity contribution < 1.29 is 4.79 Å². The molecule has 0 bridgehead atoms. The number of halogens is 1. The minimum absolute atomic E-state index is 0.183. The molecule has 0 aromatic carbocycles. The van der Waals surface area contributed by atoms with Crippen LogP contribution in [0.2, 0.25) is 0 Å². The first-order valence-electron chi connectivity index (χ1n) is 4.23. The van der Waals surface area contributed by atoms with Gasteiger partial charge in [0.05, 0.1) is 0 Å². The van der Waals surface area contributed by atoms with Crippen LogP contribution < -0.4 is 5.32 Å². The Morgan fingerprint density at radius 1 is 1.58 bits per heavy atom. The van der Waals surface area contributed by atoms with Crippen LogP contribution in [0.5, 0.6) is 0 Å². The van der Waals surface area contributed by atoms with Crippen LogP contribution in [0.15, 0.2) is 0 Å². The summed E-state index contributed by atoms with van der Waals surface area (Å²) >= 11 is 2.27. The molecule has 70 valence electrons. The summed E-state index contributed by atoms with van der Waals surface area (Å²) in [5.74, 6) is 0.612. The van der Waals surface area contributed by atoms with Crippen molar-refractivity contribution in [3.05, 3.63) is 0 Å². The zero-order valence-corrected chi connectivity index (χ0v) is 10.2. The molecule has 1 N–H and O–H groups in total. The monoisotopic (exact) mass is 281 g/mol. The van der Waals surface area contributed by atoms with Crippen LogP contribution in [0.3, 0.4) is 0 Å². The second-order valence-corrected chi connectivity index (χ2v) is 6.95. The van der Waals surface area contributed by atoms with Gasteiger partial charge >= 0.3 is 0 Å². The van der Waals surface area contributed by atoms with E-state index in [-0.39, 0.29) is 14.7 Å². The molecule has 0 aliphatic carbocycles. The fourth-order valence-electron chi connectivity index (χ4n) is 1.84. The van der Waals surface area contributed by atoms with Crippen LogP contribution in [0.4, 0.5) is 0 Å². The molecule has 2 atom stereocenters. The van der Waals surface area contributed by atoms with Crippen molar-refractivity contribution in [3.63, 3.8) is 0 Å². The fourth-order valence-corrected chi connectivity index (χ4v) is 3.18. The fraction of sp³-hybridized carbons (Fsp3) is 0.889. The maximum Gasteiger partial charge on any atom is 0.236 e. The molecule has 1 saturated heterocycles. The smallest absolute Gasteiger partial charge is 0.236 e. The van der Waals surface area contributed by atoms with Gasteiger partial charge in [-0.2, -0.15) is 0 Å². The molecule has 0 aromatic rings. The van der Waals surface area contributed by atoms with E-state index >= 15 is 0 Å². The Hall–Kier alpha value is 0.200. The maximum absolute atomic E-state index is 11.4. The third-order valence-electron chi connectivity index (χ3n) is 2.61. The zero-order chi connectivity index (χ0) is 9.57. The second-order valence-electron chi connectivity index (χ2n) is 4.70. The van der Waals surface area contributed by atoms with Gasteiger partial charge in [0, 0.05) is 12.5 Å². The van der Waals surface area contributed by atoms with Crippen molar-refractivity contribution in [2.75, 3.05) is 6.54 Å². The van der Waals surface area contributed by atoms with E-state index in [1.54, 1.807) is 0 Å². The third-order valence-corrected chi connectivity index (χ3v) is 3.85. The number of nitrogens with one attached hydrogen (secondary N) is 1. The highest BCUT2D eigenvalue weighted by Crippen LogP contribution is 2.43. The van der Waals surface area contributed by atoms with Crippen LogP contribution in [-0.2, 0) is 4.79 Å². The molecule has 12 heavy (non-hydrogen) atoms. The highest BCUT2D eigenvalue weighted by molar-refractivity contribution is 14.1. The number of hydrogen-bond donors (Lipinski definition) is 1. The van der Waals surface area contributed by atoms with Gasteiger partial charge in [0.2, 0.25) is 5.91 Å². The van der Waals surface area contributed by atoms with E-state index in [1.807, 2.05) is 6.92 Å². The molecule has 0 aromatic heterocycles. The Balaban J connectivity index is 2.89. The third kappa shape index (κ3) is 1.60. The summed E-state index contributed by atoms with van der Waals surface area (Å²) in [4.78, 5) is 11.4. The molecule has 2 nitrogen and oxygen atoms in total. The van der Waals surface area contributed by atoms with Crippen molar-refractivity contribution in [1.82, 2.24) is 5.32 Å². The topological polar surface area (TPSA) is 29.1 Å². The first-order chi connectivity index (χ1) is 5.26. The summed E-state index contributed by atoms with van der Waals surface area (Å²) < 4.78 is -0.226. The van der Waals surface area contributed by atoms with Crippen LogP contribution >= 0.6 is 22.6 Å². The van der Waals surface area contributed by atoms with Gasteiger partial charge in [0.25, 0.3) is 0 Å². The van der Waals surface area contributed by atoms with Gasteiger partial charge in [-0.1, -0.05) is 43.4 Å². The minimum atomic E-state index is -0.226. The minimum Gasteiger partial charge on any atom is -0.355 e. The van der Waals surface area contributed by atoms with Crippen molar-refractivity contribution in [1.29, 1.82) is 0 Å². The van der Waals surface area contributed by atoms with Crippen LogP contribution in [-0.4, -0.2) is 15.9 Å². The van der Waals surface area contributed by atoms with Gasteiger partial charge in [-0.05, 0) is 12.3 Å². The quantitative estimate of drug-likeness (QED) is 0.534. The lowest BCUT2D eigenvalue weighted by Gasteiger charge is -2.33. The summed E-state index contributed by atoms with van der Waals surface area (Å²) in [6.45, 7) is 9.41. The molecular formula is C9H16INO. The molecule has 1 aliphatic rings. The number of rotatable bonds is 0. The predicted octanol–water partition coefficient (Wildman–Crippen LogP) is 1.97. The normalized spacial score (nSPS) is 36.8. The summed E-state index contributed by atoms with van der Waals surface area (Å²) in [7, 11) is 0. The number of hydrogen-bond acceptors (Lipinski definition) is 1. The first-order valence-corrected chi connectivity index (χ1v) is 5.31. The molecule has 0 saturated carbocycles. The molecule has 1 amide bonds. The predicted molar refractivity (Wildman–Crippen MR) is 58.4 cm³/mol. The van der Waals surface area contributed by atoms with E-state index in [2.05, 4.69) is 48.7 Å². The molecule has 1 rings (SSSR count). The average molecular weight is 281 g/mol. The Bertz CT molecular complexity index is 205. The standard InChI is InChI=1S/C9H16INO/c1-8(2,3)6-5-11-7(12)9(6,4)10/h6H,5H2,1-4H3,(H,11,12). The largest absolute Gasteiger partial charge is 0.355 e. The molecule has 0 spiro atoms. The Kier molecular flexibility index (Phi) is 2.45. The summed E-state index contributed by atoms with van der Waals surface area (Å²) in [5.41, 5.74) is 0.203. The lowest BCUT2D eigenvalue weighted by atomic mass is 9.75. The van der Waals surface area contributed by atoms with Crippen molar-refractivity contribution in [3.8, 4) is 0 Å². The Morgan fingerprint density at radius 2 is 2.08 bits per heavy atom. The van der Waals surface area contributed by atoms with Gasteiger partial charge in [-0.15, -0.1) is 0 Å². The van der Waals surface area contributed by atoms with Gasteiger partial charge in [0.1, 0.15) is 3.42 Å². The molecule has 3 heteroatoms. The van der Waals surface area contributed by atoms with E-state index in [0.29, 0.717) is 5.92 Å². The van der Waals surface area contributed by atoms with E-state index in [4.69, 9.17) is 0 Å². The highest BCUT2D eigenvalue weighted by atomic mass is 127. The molecule has 1 fully saturated rings. The van der Waals surface area contributed by atoms with Gasteiger partial charge < -0.3 is 5.32 Å².